The van der Waals surface area contributed by atoms with Gasteiger partial charge in [-0.05, 0) is 0 Å². The fourth-order valence-corrected chi connectivity index (χ4v) is 8.79. The molecule has 0 fully saturated rings. The summed E-state index contributed by atoms with van der Waals surface area (Å²) in [5.74, 6) is 0. The second kappa shape index (κ2) is 4.62. The summed E-state index contributed by atoms with van der Waals surface area (Å²) in [5.41, 5.74) is 1.96. The molecule has 0 unspecified atom stereocenters. The summed E-state index contributed by atoms with van der Waals surface area (Å²) < 4.78 is 7.07. The summed E-state index contributed by atoms with van der Waals surface area (Å²) in [7, 11) is 0. The van der Waals surface area contributed by atoms with Crippen LogP contribution in [0.25, 0.3) is 11.1 Å². The molecule has 0 aliphatic heterocycles. The number of benzene rings is 1. The van der Waals surface area contributed by atoms with Crippen LogP contribution in [0.5, 0.6) is 0 Å². The molecule has 1 heterocycles. The molecule has 0 bridgehead atoms. The minimum atomic E-state index is -2.00. The molecule has 16 heavy (non-hydrogen) atoms. The monoisotopic (exact) mass is 279 g/mol. The zero-order valence-corrected chi connectivity index (χ0v) is 12.4. The third-order valence-corrected chi connectivity index (χ3v) is 14.6. The SMILES string of the molecule is C[CH2][Ge]([CH2]C)([CH2]C)[c]1nc2ccccc2o1. The third-order valence-electron chi connectivity index (χ3n) is 3.78. The second-order valence-electron chi connectivity index (χ2n) is 4.33. The van der Waals surface area contributed by atoms with Gasteiger partial charge in [-0.15, -0.1) is 0 Å². The molecule has 0 atom stereocenters. The molecule has 0 N–H and O–H groups in total. The molecular weight excluding hydrogens is 259 g/mol. The Morgan fingerprint density at radius 3 is 2.25 bits per heavy atom. The first-order valence-electron chi connectivity index (χ1n) is 6.11. The fraction of sp³-hybridized carbons (Fsp3) is 0.462. The van der Waals surface area contributed by atoms with Gasteiger partial charge in [-0.1, -0.05) is 0 Å². The van der Waals surface area contributed by atoms with E-state index >= 15 is 0 Å². The van der Waals surface area contributed by atoms with Gasteiger partial charge in [0, 0.05) is 0 Å². The number of nitrogens with zero attached hydrogens (tertiary/aromatic N) is 1. The van der Waals surface area contributed by atoms with Crippen molar-refractivity contribution in [1.82, 2.24) is 4.98 Å². The average Bonchev–Trinajstić information content (AvgIpc) is 2.76. The first-order valence-corrected chi connectivity index (χ1v) is 11.6. The van der Waals surface area contributed by atoms with Crippen LogP contribution in [0.15, 0.2) is 28.7 Å². The standard InChI is InChI=1S/C13H19GeNO/c1-4-14(5-2,6-3)13-15-11-9-7-8-10-12(11)16-13/h7-10H,4-6H2,1-3H3. The van der Waals surface area contributed by atoms with Gasteiger partial charge in [-0.3, -0.25) is 0 Å². The van der Waals surface area contributed by atoms with Gasteiger partial charge in [0.1, 0.15) is 0 Å². The third kappa shape index (κ3) is 1.79. The van der Waals surface area contributed by atoms with E-state index in [9.17, 15) is 0 Å². The quantitative estimate of drug-likeness (QED) is 0.799. The zero-order valence-electron chi connectivity index (χ0n) is 10.3. The van der Waals surface area contributed by atoms with Crippen LogP contribution in [0.4, 0.5) is 0 Å². The van der Waals surface area contributed by atoms with Gasteiger partial charge in [-0.25, -0.2) is 0 Å². The fourth-order valence-electron chi connectivity index (χ4n) is 2.30. The van der Waals surface area contributed by atoms with Crippen molar-refractivity contribution in [2.45, 2.75) is 36.5 Å². The van der Waals surface area contributed by atoms with E-state index in [0.717, 1.165) is 15.8 Å². The molecule has 0 aliphatic carbocycles. The van der Waals surface area contributed by atoms with Crippen LogP contribution >= 0.6 is 0 Å². The van der Waals surface area contributed by atoms with E-state index in [4.69, 9.17) is 9.40 Å². The van der Waals surface area contributed by atoms with E-state index in [1.807, 2.05) is 24.3 Å². The van der Waals surface area contributed by atoms with Gasteiger partial charge in [0.25, 0.3) is 0 Å². The van der Waals surface area contributed by atoms with Crippen molar-refractivity contribution in [2.24, 2.45) is 0 Å². The summed E-state index contributed by atoms with van der Waals surface area (Å²) in [4.78, 5) is 4.71. The number of hydrogen-bond acceptors (Lipinski definition) is 2. The summed E-state index contributed by atoms with van der Waals surface area (Å²) in [6, 6.07) is 8.08. The minimum absolute atomic E-state index is 0.947. The predicted octanol–water partition coefficient (Wildman–Crippen LogP) is 3.54. The predicted molar refractivity (Wildman–Crippen MR) is 70.8 cm³/mol. The topological polar surface area (TPSA) is 26.0 Å². The average molecular weight is 278 g/mol. The van der Waals surface area contributed by atoms with Gasteiger partial charge >= 0.3 is 99.3 Å². The van der Waals surface area contributed by atoms with E-state index in [0.29, 0.717) is 0 Å². The van der Waals surface area contributed by atoms with Crippen LogP contribution in [0.1, 0.15) is 20.8 Å². The van der Waals surface area contributed by atoms with Gasteiger partial charge in [-0.2, -0.15) is 0 Å². The van der Waals surface area contributed by atoms with E-state index in [1.165, 1.54) is 15.8 Å². The van der Waals surface area contributed by atoms with Gasteiger partial charge < -0.3 is 0 Å². The molecule has 3 heteroatoms. The van der Waals surface area contributed by atoms with Crippen molar-refractivity contribution in [3.63, 3.8) is 0 Å². The Morgan fingerprint density at radius 1 is 1.06 bits per heavy atom. The van der Waals surface area contributed by atoms with E-state index in [1.54, 1.807) is 0 Å². The molecule has 2 rings (SSSR count). The molecule has 0 saturated carbocycles. The van der Waals surface area contributed by atoms with Gasteiger partial charge in [0.2, 0.25) is 0 Å². The molecule has 0 aliphatic rings. The van der Waals surface area contributed by atoms with Crippen molar-refractivity contribution in [1.29, 1.82) is 0 Å². The molecule has 0 amide bonds. The number of oxazole rings is 1. The first kappa shape index (κ1) is 11.7. The number of fused-ring (bicyclic) bond motifs is 1. The van der Waals surface area contributed by atoms with Crippen LogP contribution in [0.3, 0.4) is 0 Å². The number of rotatable bonds is 4. The van der Waals surface area contributed by atoms with E-state index in [-0.39, 0.29) is 0 Å². The van der Waals surface area contributed by atoms with Crippen LogP contribution in [-0.4, -0.2) is 18.3 Å². The Kier molecular flexibility index (Phi) is 3.38. The van der Waals surface area contributed by atoms with Crippen molar-refractivity contribution in [2.75, 3.05) is 0 Å². The second-order valence-corrected chi connectivity index (χ2v) is 15.0. The number of aromatic nitrogens is 1. The molecular formula is C13H19GeNO. The Labute approximate surface area is 99.4 Å². The van der Waals surface area contributed by atoms with Gasteiger partial charge in [0.05, 0.1) is 0 Å². The van der Waals surface area contributed by atoms with E-state index < -0.39 is 13.3 Å². The van der Waals surface area contributed by atoms with Crippen molar-refractivity contribution in [3.8, 4) is 0 Å². The van der Waals surface area contributed by atoms with Crippen LogP contribution in [0.2, 0.25) is 15.8 Å². The summed E-state index contributed by atoms with van der Waals surface area (Å²) in [6.07, 6.45) is 0. The zero-order chi connectivity index (χ0) is 11.6. The number of hydrogen-bond donors (Lipinski definition) is 0. The molecule has 2 aromatic rings. The molecule has 0 spiro atoms. The normalized spacial score (nSPS) is 12.2. The Bertz CT molecular complexity index is 432. The van der Waals surface area contributed by atoms with Gasteiger partial charge in [0.15, 0.2) is 0 Å². The van der Waals surface area contributed by atoms with Crippen molar-refractivity contribution in [3.05, 3.63) is 24.3 Å². The molecule has 0 saturated heterocycles. The Hall–Kier alpha value is -0.767. The van der Waals surface area contributed by atoms with Crippen LogP contribution in [0, 0.1) is 0 Å². The van der Waals surface area contributed by atoms with Crippen LogP contribution < -0.4 is 4.72 Å². The molecule has 86 valence electrons. The Morgan fingerprint density at radius 2 is 1.69 bits per heavy atom. The molecule has 0 radical (unpaired) electrons. The molecule has 2 nitrogen and oxygen atoms in total. The van der Waals surface area contributed by atoms with Crippen molar-refractivity contribution < 1.29 is 4.42 Å². The van der Waals surface area contributed by atoms with Crippen LogP contribution in [-0.2, 0) is 0 Å². The Balaban J connectivity index is 2.53. The summed E-state index contributed by atoms with van der Waals surface area (Å²) in [6.45, 7) is 6.88. The van der Waals surface area contributed by atoms with Crippen molar-refractivity contribution >= 4 is 29.1 Å². The summed E-state index contributed by atoms with van der Waals surface area (Å²) in [5, 5.41) is 3.79. The number of para-hydroxylation sites is 2. The molecule has 1 aromatic carbocycles. The maximum absolute atomic E-state index is 5.98. The first-order chi connectivity index (χ1) is 7.75. The molecule has 1 aromatic heterocycles. The maximum atomic E-state index is 5.98. The van der Waals surface area contributed by atoms with E-state index in [2.05, 4.69) is 20.8 Å². The summed E-state index contributed by atoms with van der Waals surface area (Å²) >= 11 is -2.00.